The van der Waals surface area contributed by atoms with Crippen LogP contribution in [0.5, 0.6) is 0 Å². The summed E-state index contributed by atoms with van der Waals surface area (Å²) >= 11 is 0. The summed E-state index contributed by atoms with van der Waals surface area (Å²) in [6, 6.07) is 1.35. The molecule has 1 heterocycles. The van der Waals surface area contributed by atoms with Gasteiger partial charge in [0.2, 0.25) is 0 Å². The van der Waals surface area contributed by atoms with E-state index in [2.05, 4.69) is 31.0 Å². The number of nitrogens with one attached hydrogen (secondary N) is 1. The fraction of sp³-hybridized carbons (Fsp3) is 1.00. The minimum atomic E-state index is 0.325. The Morgan fingerprint density at radius 1 is 1.40 bits per heavy atom. The third kappa shape index (κ3) is 1.93. The Morgan fingerprint density at radius 2 is 2.13 bits per heavy atom. The molecule has 0 amide bonds. The number of methoxy groups -OCH3 is 1. The summed E-state index contributed by atoms with van der Waals surface area (Å²) in [5.74, 6) is 0. The number of hydrogen-bond donors (Lipinski definition) is 1. The first-order chi connectivity index (χ1) is 7.05. The van der Waals surface area contributed by atoms with E-state index in [4.69, 9.17) is 4.74 Å². The van der Waals surface area contributed by atoms with Crippen molar-refractivity contribution in [2.24, 2.45) is 5.41 Å². The van der Waals surface area contributed by atoms with Crippen molar-refractivity contribution in [1.82, 2.24) is 10.2 Å². The monoisotopic (exact) mass is 212 g/mol. The highest BCUT2D eigenvalue weighted by atomic mass is 16.5. The molecule has 0 radical (unpaired) electrons. The van der Waals surface area contributed by atoms with Crippen LogP contribution in [0.1, 0.15) is 27.2 Å². The van der Waals surface area contributed by atoms with Gasteiger partial charge in [0.1, 0.15) is 0 Å². The van der Waals surface area contributed by atoms with E-state index in [1.54, 1.807) is 0 Å². The molecule has 2 rings (SSSR count). The highest BCUT2D eigenvalue weighted by Crippen LogP contribution is 2.45. The molecule has 1 saturated carbocycles. The van der Waals surface area contributed by atoms with Crippen LogP contribution in [0.3, 0.4) is 0 Å². The average molecular weight is 212 g/mol. The zero-order valence-electron chi connectivity index (χ0n) is 10.4. The van der Waals surface area contributed by atoms with E-state index >= 15 is 0 Å². The maximum absolute atomic E-state index is 5.51. The molecule has 3 heteroatoms. The van der Waals surface area contributed by atoms with E-state index in [1.165, 1.54) is 19.5 Å². The third-order valence-electron chi connectivity index (χ3n) is 4.25. The molecule has 3 nitrogen and oxygen atoms in total. The summed E-state index contributed by atoms with van der Waals surface area (Å²) < 4.78 is 5.51. The zero-order valence-corrected chi connectivity index (χ0v) is 10.4. The van der Waals surface area contributed by atoms with Gasteiger partial charge in [-0.25, -0.2) is 0 Å². The summed E-state index contributed by atoms with van der Waals surface area (Å²) in [6.45, 7) is 10.4. The van der Waals surface area contributed by atoms with Gasteiger partial charge in [0.05, 0.1) is 6.10 Å². The lowest BCUT2D eigenvalue weighted by Gasteiger charge is -2.56. The van der Waals surface area contributed by atoms with Crippen LogP contribution in [-0.4, -0.2) is 49.8 Å². The molecule has 0 aromatic carbocycles. The lowest BCUT2D eigenvalue weighted by Crippen LogP contribution is -2.65. The normalized spacial score (nSPS) is 41.2. The van der Waals surface area contributed by atoms with Gasteiger partial charge >= 0.3 is 0 Å². The first-order valence-electron chi connectivity index (χ1n) is 6.06. The Labute approximate surface area is 93.2 Å². The first-order valence-corrected chi connectivity index (χ1v) is 6.06. The van der Waals surface area contributed by atoms with Crippen molar-refractivity contribution in [3.8, 4) is 0 Å². The number of ether oxygens (including phenoxy) is 1. The van der Waals surface area contributed by atoms with E-state index in [0.29, 0.717) is 23.6 Å². The molecule has 3 atom stereocenters. The minimum absolute atomic E-state index is 0.325. The van der Waals surface area contributed by atoms with E-state index in [-0.39, 0.29) is 0 Å². The second kappa shape index (κ2) is 4.04. The van der Waals surface area contributed by atoms with Crippen LogP contribution < -0.4 is 5.32 Å². The molecule has 1 aliphatic carbocycles. The molecule has 0 spiro atoms. The van der Waals surface area contributed by atoms with Crippen molar-refractivity contribution >= 4 is 0 Å². The predicted octanol–water partition coefficient (Wildman–Crippen LogP) is 1.09. The van der Waals surface area contributed by atoms with Crippen molar-refractivity contribution in [2.45, 2.75) is 45.4 Å². The molecule has 15 heavy (non-hydrogen) atoms. The Balaban J connectivity index is 1.95. The van der Waals surface area contributed by atoms with Crippen LogP contribution in [0.2, 0.25) is 0 Å². The molecular formula is C12H24N2O. The summed E-state index contributed by atoms with van der Waals surface area (Å²) in [5.41, 5.74) is 0.325. The van der Waals surface area contributed by atoms with Crippen LogP contribution in [0, 0.1) is 5.41 Å². The topological polar surface area (TPSA) is 24.5 Å². The van der Waals surface area contributed by atoms with Gasteiger partial charge in [0, 0.05) is 44.2 Å². The molecule has 0 bridgehead atoms. The molecule has 0 aromatic rings. The SMILES string of the molecule is COC1CC(N2CCNC(C)C2)C1(C)C. The molecule has 0 aromatic heterocycles. The van der Waals surface area contributed by atoms with E-state index in [1.807, 2.05) is 7.11 Å². The van der Waals surface area contributed by atoms with Gasteiger partial charge in [-0.05, 0) is 13.3 Å². The molecule has 1 aliphatic heterocycles. The smallest absolute Gasteiger partial charge is 0.0652 e. The fourth-order valence-electron chi connectivity index (χ4n) is 3.13. The Kier molecular flexibility index (Phi) is 3.06. The van der Waals surface area contributed by atoms with Gasteiger partial charge in [-0.15, -0.1) is 0 Å². The maximum Gasteiger partial charge on any atom is 0.0652 e. The largest absolute Gasteiger partial charge is 0.381 e. The van der Waals surface area contributed by atoms with Gasteiger partial charge in [0.25, 0.3) is 0 Å². The number of hydrogen-bond acceptors (Lipinski definition) is 3. The Morgan fingerprint density at radius 3 is 2.67 bits per heavy atom. The second-order valence-electron chi connectivity index (χ2n) is 5.65. The molecule has 1 saturated heterocycles. The van der Waals surface area contributed by atoms with Crippen molar-refractivity contribution in [3.05, 3.63) is 0 Å². The van der Waals surface area contributed by atoms with Crippen molar-refractivity contribution in [3.63, 3.8) is 0 Å². The van der Waals surface area contributed by atoms with Crippen molar-refractivity contribution in [1.29, 1.82) is 0 Å². The lowest BCUT2D eigenvalue weighted by atomic mass is 9.63. The van der Waals surface area contributed by atoms with Crippen LogP contribution in [-0.2, 0) is 4.74 Å². The van der Waals surface area contributed by atoms with Gasteiger partial charge in [-0.3, -0.25) is 4.90 Å². The first kappa shape index (κ1) is 11.4. The van der Waals surface area contributed by atoms with E-state index in [9.17, 15) is 0 Å². The van der Waals surface area contributed by atoms with Crippen LogP contribution >= 0.6 is 0 Å². The third-order valence-corrected chi connectivity index (χ3v) is 4.25. The van der Waals surface area contributed by atoms with Gasteiger partial charge in [-0.2, -0.15) is 0 Å². The van der Waals surface area contributed by atoms with Gasteiger partial charge < -0.3 is 10.1 Å². The maximum atomic E-state index is 5.51. The van der Waals surface area contributed by atoms with E-state index < -0.39 is 0 Å². The highest BCUT2D eigenvalue weighted by molar-refractivity contribution is 5.04. The standard InChI is InChI=1S/C12H24N2O/c1-9-8-14(6-5-13-9)10-7-11(15-4)12(10,2)3/h9-11,13H,5-8H2,1-4H3. The van der Waals surface area contributed by atoms with Crippen LogP contribution in [0.15, 0.2) is 0 Å². The summed E-state index contributed by atoms with van der Waals surface area (Å²) in [6.07, 6.45) is 1.66. The second-order valence-corrected chi connectivity index (χ2v) is 5.65. The number of rotatable bonds is 2. The summed E-state index contributed by atoms with van der Waals surface area (Å²) in [7, 11) is 1.84. The fourth-order valence-corrected chi connectivity index (χ4v) is 3.13. The van der Waals surface area contributed by atoms with E-state index in [0.717, 1.165) is 6.54 Å². The van der Waals surface area contributed by atoms with Gasteiger partial charge in [-0.1, -0.05) is 13.8 Å². The van der Waals surface area contributed by atoms with Crippen LogP contribution in [0.4, 0.5) is 0 Å². The minimum Gasteiger partial charge on any atom is -0.381 e. The quantitative estimate of drug-likeness (QED) is 0.741. The molecule has 2 fully saturated rings. The summed E-state index contributed by atoms with van der Waals surface area (Å²) in [4.78, 5) is 2.64. The Bertz CT molecular complexity index is 230. The zero-order chi connectivity index (χ0) is 11.1. The van der Waals surface area contributed by atoms with Gasteiger partial charge in [0.15, 0.2) is 0 Å². The molecular weight excluding hydrogens is 188 g/mol. The number of piperazine rings is 1. The predicted molar refractivity (Wildman–Crippen MR) is 62.0 cm³/mol. The average Bonchev–Trinajstić information content (AvgIpc) is 2.17. The van der Waals surface area contributed by atoms with Crippen LogP contribution in [0.25, 0.3) is 0 Å². The van der Waals surface area contributed by atoms with Crippen molar-refractivity contribution in [2.75, 3.05) is 26.7 Å². The summed E-state index contributed by atoms with van der Waals surface area (Å²) in [5, 5.41) is 3.49. The molecule has 88 valence electrons. The lowest BCUT2D eigenvalue weighted by molar-refractivity contribution is -0.141. The van der Waals surface area contributed by atoms with Crippen molar-refractivity contribution < 1.29 is 4.74 Å². The Hall–Kier alpha value is -0.120. The molecule has 1 N–H and O–H groups in total. The number of nitrogens with zero attached hydrogens (tertiary/aromatic N) is 1. The molecule has 3 unspecified atom stereocenters. The highest BCUT2D eigenvalue weighted by Gasteiger charge is 2.51. The molecule has 2 aliphatic rings.